The van der Waals surface area contributed by atoms with Crippen LogP contribution in [0, 0.1) is 12.8 Å². The van der Waals surface area contributed by atoms with Crippen LogP contribution in [0.15, 0.2) is 46.6 Å². The van der Waals surface area contributed by atoms with Gasteiger partial charge in [-0.15, -0.1) is 0 Å². The van der Waals surface area contributed by atoms with Crippen molar-refractivity contribution in [2.75, 3.05) is 20.8 Å². The van der Waals surface area contributed by atoms with Crippen molar-refractivity contribution in [1.82, 2.24) is 19.1 Å². The third-order valence-electron chi connectivity index (χ3n) is 6.88. The van der Waals surface area contributed by atoms with Crippen molar-refractivity contribution in [2.45, 2.75) is 27.2 Å². The molecule has 0 spiro atoms. The lowest BCUT2D eigenvalue weighted by atomic mass is 9.91. The van der Waals surface area contributed by atoms with Crippen LogP contribution in [-0.2, 0) is 7.05 Å². The van der Waals surface area contributed by atoms with Crippen LogP contribution in [-0.4, -0.2) is 45.6 Å². The maximum atomic E-state index is 13.6. The summed E-state index contributed by atoms with van der Waals surface area (Å²) >= 11 is 0. The summed E-state index contributed by atoms with van der Waals surface area (Å²) in [5, 5.41) is 0.849. The Labute approximate surface area is 203 Å². The lowest BCUT2D eigenvalue weighted by molar-refractivity contribution is 0.410. The molecular weight excluding hydrogens is 442 g/mol. The second-order valence-corrected chi connectivity index (χ2v) is 8.92. The monoisotopic (exact) mass is 471 g/mol. The Morgan fingerprint density at radius 2 is 1.86 bits per heavy atom. The number of allylic oxidation sites excluding steroid dienone is 1. The molecule has 0 fully saturated rings. The minimum Gasteiger partial charge on any atom is -0.496 e. The zero-order chi connectivity index (χ0) is 24.9. The first-order valence-electron chi connectivity index (χ1n) is 11.7. The van der Waals surface area contributed by atoms with Crippen LogP contribution >= 0.6 is 0 Å². The van der Waals surface area contributed by atoms with Gasteiger partial charge in [0.25, 0.3) is 0 Å². The van der Waals surface area contributed by atoms with E-state index in [-0.39, 0.29) is 5.69 Å². The first kappa shape index (κ1) is 22.8. The topological polar surface area (TPSA) is 83.5 Å². The van der Waals surface area contributed by atoms with E-state index in [0.29, 0.717) is 17.4 Å². The molecule has 1 aliphatic heterocycles. The number of pyridine rings is 2. The second kappa shape index (κ2) is 8.69. The number of hydrogen-bond donors (Lipinski definition) is 0. The minimum absolute atomic E-state index is 0.181. The first-order valence-corrected chi connectivity index (χ1v) is 11.7. The van der Waals surface area contributed by atoms with Gasteiger partial charge in [-0.2, -0.15) is 0 Å². The highest BCUT2D eigenvalue weighted by Crippen LogP contribution is 2.37. The highest BCUT2D eigenvalue weighted by atomic mass is 16.5. The molecule has 0 N–H and O–H groups in total. The Morgan fingerprint density at radius 3 is 2.57 bits per heavy atom. The summed E-state index contributed by atoms with van der Waals surface area (Å²) in [6, 6.07) is 4.01. The van der Waals surface area contributed by atoms with Crippen LogP contribution in [0.1, 0.15) is 31.4 Å². The summed E-state index contributed by atoms with van der Waals surface area (Å²) in [6.07, 6.45) is 8.40. The van der Waals surface area contributed by atoms with Crippen LogP contribution in [0.3, 0.4) is 0 Å². The molecule has 8 nitrogen and oxygen atoms in total. The molecule has 5 rings (SSSR count). The Kier molecular flexibility index (Phi) is 5.67. The number of fused-ring (bicyclic) bond motifs is 3. The molecule has 4 aromatic rings. The van der Waals surface area contributed by atoms with Crippen molar-refractivity contribution < 1.29 is 9.47 Å². The molecule has 0 aliphatic carbocycles. The fourth-order valence-electron chi connectivity index (χ4n) is 4.86. The van der Waals surface area contributed by atoms with Gasteiger partial charge in [-0.1, -0.05) is 13.0 Å². The number of rotatable bonds is 5. The summed E-state index contributed by atoms with van der Waals surface area (Å²) < 4.78 is 14.7. The zero-order valence-electron chi connectivity index (χ0n) is 20.9. The summed E-state index contributed by atoms with van der Waals surface area (Å²) in [5.74, 6) is 1.63. The van der Waals surface area contributed by atoms with Gasteiger partial charge in [0.2, 0.25) is 0 Å². The van der Waals surface area contributed by atoms with E-state index < -0.39 is 0 Å². The van der Waals surface area contributed by atoms with Crippen LogP contribution in [0.5, 0.6) is 11.5 Å². The van der Waals surface area contributed by atoms with Crippen LogP contribution < -0.4 is 15.2 Å². The van der Waals surface area contributed by atoms with Crippen molar-refractivity contribution in [3.05, 3.63) is 58.4 Å². The highest BCUT2D eigenvalue weighted by molar-refractivity contribution is 6.24. The Bertz CT molecular complexity index is 1590. The molecule has 1 unspecified atom stereocenters. The van der Waals surface area contributed by atoms with E-state index in [4.69, 9.17) is 14.5 Å². The van der Waals surface area contributed by atoms with E-state index in [9.17, 15) is 4.79 Å². The summed E-state index contributed by atoms with van der Waals surface area (Å²) in [6.45, 7) is 6.93. The van der Waals surface area contributed by atoms with E-state index in [1.54, 1.807) is 49.0 Å². The second-order valence-electron chi connectivity index (χ2n) is 8.92. The zero-order valence-corrected chi connectivity index (χ0v) is 20.9. The number of ether oxygens (including phenoxy) is 2. The van der Waals surface area contributed by atoms with Gasteiger partial charge in [0.05, 0.1) is 48.9 Å². The average Bonchev–Trinajstić information content (AvgIpc) is 3.13. The van der Waals surface area contributed by atoms with E-state index in [1.165, 1.54) is 0 Å². The van der Waals surface area contributed by atoms with Gasteiger partial charge in [0.1, 0.15) is 5.75 Å². The molecule has 4 heterocycles. The molecule has 1 aromatic carbocycles. The first-order chi connectivity index (χ1) is 16.9. The van der Waals surface area contributed by atoms with Crippen LogP contribution in [0.25, 0.3) is 33.2 Å². The van der Waals surface area contributed by atoms with Gasteiger partial charge in [-0.05, 0) is 37.8 Å². The number of aromatic nitrogens is 4. The summed E-state index contributed by atoms with van der Waals surface area (Å²) in [5.41, 5.74) is 6.52. The SMILES string of the molecule is CCC1C=C(c2cc3c(cc2OC)ncc2c3n(-c3c(C)cncc3OC)c(=O)n2C)C(C)=NC1. The highest BCUT2D eigenvalue weighted by Gasteiger charge is 2.23. The maximum absolute atomic E-state index is 13.6. The number of dihydropyridines is 1. The normalized spacial score (nSPS) is 15.9. The predicted molar refractivity (Wildman–Crippen MR) is 139 cm³/mol. The molecule has 1 aliphatic rings. The number of benzene rings is 1. The van der Waals surface area contributed by atoms with Crippen LogP contribution in [0.4, 0.5) is 0 Å². The molecule has 0 saturated heterocycles. The van der Waals surface area contributed by atoms with Gasteiger partial charge in [0.15, 0.2) is 5.75 Å². The van der Waals surface area contributed by atoms with E-state index >= 15 is 0 Å². The standard InChI is InChI=1S/C27H29N5O3/c1-7-17-8-18(16(3)29-12-17)19-9-20-21(10-23(19)34-5)30-13-22-26(20)32(27(33)31(22)4)25-15(2)11-28-14-24(25)35-6/h8-11,13-14,17H,7,12H2,1-6H3. The molecule has 8 heteroatoms. The lowest BCUT2D eigenvalue weighted by Crippen LogP contribution is -2.22. The number of aliphatic imine (C=N–C) groups is 1. The molecule has 35 heavy (non-hydrogen) atoms. The fraction of sp³-hybridized carbons (Fsp3) is 0.333. The predicted octanol–water partition coefficient (Wildman–Crippen LogP) is 4.48. The van der Waals surface area contributed by atoms with Gasteiger partial charge < -0.3 is 9.47 Å². The number of nitrogens with zero attached hydrogens (tertiary/aromatic N) is 5. The average molecular weight is 472 g/mol. The van der Waals surface area contributed by atoms with E-state index in [2.05, 4.69) is 29.0 Å². The van der Waals surface area contributed by atoms with Gasteiger partial charge in [-0.25, -0.2) is 4.79 Å². The molecule has 0 bridgehead atoms. The maximum Gasteiger partial charge on any atom is 0.333 e. The number of hydrogen-bond acceptors (Lipinski definition) is 6. The van der Waals surface area contributed by atoms with Gasteiger partial charge in [0, 0.05) is 48.1 Å². The number of methoxy groups -OCH3 is 2. The largest absolute Gasteiger partial charge is 0.496 e. The van der Waals surface area contributed by atoms with Crippen molar-refractivity contribution in [3.63, 3.8) is 0 Å². The molecule has 0 amide bonds. The number of aryl methyl sites for hydroxylation is 2. The molecular formula is C27H29N5O3. The lowest BCUT2D eigenvalue weighted by Gasteiger charge is -2.21. The smallest absolute Gasteiger partial charge is 0.333 e. The molecule has 1 atom stereocenters. The number of imidazole rings is 1. The van der Waals surface area contributed by atoms with Crippen molar-refractivity contribution in [3.8, 4) is 17.2 Å². The van der Waals surface area contributed by atoms with Crippen molar-refractivity contribution >= 4 is 33.2 Å². The van der Waals surface area contributed by atoms with Crippen molar-refractivity contribution in [2.24, 2.45) is 18.0 Å². The summed E-state index contributed by atoms with van der Waals surface area (Å²) in [4.78, 5) is 27.3. The van der Waals surface area contributed by atoms with Gasteiger partial charge in [-0.3, -0.25) is 24.1 Å². The summed E-state index contributed by atoms with van der Waals surface area (Å²) in [7, 11) is 5.01. The third kappa shape index (κ3) is 3.51. The Morgan fingerprint density at radius 1 is 1.09 bits per heavy atom. The molecule has 0 saturated carbocycles. The van der Waals surface area contributed by atoms with E-state index in [1.807, 2.05) is 19.9 Å². The van der Waals surface area contributed by atoms with E-state index in [0.717, 1.165) is 63.1 Å². The quantitative estimate of drug-likeness (QED) is 0.429. The minimum atomic E-state index is -0.181. The van der Waals surface area contributed by atoms with Crippen LogP contribution in [0.2, 0.25) is 0 Å². The Hall–Kier alpha value is -3.94. The Balaban J connectivity index is 1.91. The molecule has 0 radical (unpaired) electrons. The van der Waals surface area contributed by atoms with Crippen molar-refractivity contribution in [1.29, 1.82) is 0 Å². The molecule has 180 valence electrons. The third-order valence-corrected chi connectivity index (χ3v) is 6.88. The molecule has 3 aromatic heterocycles. The van der Waals surface area contributed by atoms with Gasteiger partial charge >= 0.3 is 5.69 Å². The fourth-order valence-corrected chi connectivity index (χ4v) is 4.86.